The standard InChI is InChI=1S/C13H20N4/c1-17-11-4-5-12(17)8-10(7-11)9-14-13-3-2-6-15-16-13/h2-3,6,10-12H,4-5,7-9H2,1H3,(H,14,16). The van der Waals surface area contributed by atoms with E-state index in [9.17, 15) is 0 Å². The van der Waals surface area contributed by atoms with Gasteiger partial charge in [0.1, 0.15) is 5.82 Å². The summed E-state index contributed by atoms with van der Waals surface area (Å²) in [4.78, 5) is 2.58. The van der Waals surface area contributed by atoms with Crippen molar-refractivity contribution in [2.45, 2.75) is 37.8 Å². The summed E-state index contributed by atoms with van der Waals surface area (Å²) in [6.07, 6.45) is 7.16. The van der Waals surface area contributed by atoms with Crippen LogP contribution in [0.5, 0.6) is 0 Å². The first-order chi connectivity index (χ1) is 8.33. The molecule has 2 atom stereocenters. The zero-order chi connectivity index (χ0) is 11.7. The van der Waals surface area contributed by atoms with E-state index in [0.717, 1.165) is 30.4 Å². The summed E-state index contributed by atoms with van der Waals surface area (Å²) in [6, 6.07) is 5.55. The minimum Gasteiger partial charge on any atom is -0.368 e. The summed E-state index contributed by atoms with van der Waals surface area (Å²) in [5.41, 5.74) is 0. The maximum absolute atomic E-state index is 4.06. The molecule has 0 aliphatic carbocycles. The van der Waals surface area contributed by atoms with Crippen LogP contribution in [0, 0.1) is 5.92 Å². The lowest BCUT2D eigenvalue weighted by Gasteiger charge is -2.36. The normalized spacial score (nSPS) is 32.6. The monoisotopic (exact) mass is 232 g/mol. The lowest BCUT2D eigenvalue weighted by atomic mass is 9.91. The number of piperidine rings is 1. The van der Waals surface area contributed by atoms with E-state index < -0.39 is 0 Å². The Morgan fingerprint density at radius 1 is 1.35 bits per heavy atom. The van der Waals surface area contributed by atoms with Crippen LogP contribution in [0.4, 0.5) is 5.82 Å². The third kappa shape index (κ3) is 2.27. The van der Waals surface area contributed by atoms with Crippen molar-refractivity contribution in [1.82, 2.24) is 15.1 Å². The molecule has 2 fully saturated rings. The quantitative estimate of drug-likeness (QED) is 0.862. The van der Waals surface area contributed by atoms with E-state index in [2.05, 4.69) is 27.5 Å². The summed E-state index contributed by atoms with van der Waals surface area (Å²) in [7, 11) is 2.29. The molecule has 92 valence electrons. The second-order valence-corrected chi connectivity index (χ2v) is 5.38. The molecular formula is C13H20N4. The molecule has 1 aromatic rings. The minimum atomic E-state index is 0.797. The van der Waals surface area contributed by atoms with Crippen molar-refractivity contribution in [2.24, 2.45) is 5.92 Å². The Morgan fingerprint density at radius 2 is 2.12 bits per heavy atom. The fourth-order valence-corrected chi connectivity index (χ4v) is 3.34. The van der Waals surface area contributed by atoms with Crippen LogP contribution in [0.15, 0.2) is 18.3 Å². The van der Waals surface area contributed by atoms with Crippen LogP contribution in [0.25, 0.3) is 0 Å². The largest absolute Gasteiger partial charge is 0.368 e. The van der Waals surface area contributed by atoms with Crippen molar-refractivity contribution in [3.8, 4) is 0 Å². The number of aromatic nitrogens is 2. The molecular weight excluding hydrogens is 212 g/mol. The first-order valence-electron chi connectivity index (χ1n) is 6.56. The molecule has 2 aliphatic heterocycles. The van der Waals surface area contributed by atoms with E-state index in [1.54, 1.807) is 6.20 Å². The zero-order valence-electron chi connectivity index (χ0n) is 10.3. The van der Waals surface area contributed by atoms with Gasteiger partial charge < -0.3 is 10.2 Å². The topological polar surface area (TPSA) is 41.0 Å². The third-order valence-corrected chi connectivity index (χ3v) is 4.34. The highest BCUT2D eigenvalue weighted by atomic mass is 15.2. The van der Waals surface area contributed by atoms with Crippen LogP contribution in [0.2, 0.25) is 0 Å². The number of anilines is 1. The highest BCUT2D eigenvalue weighted by Gasteiger charge is 2.38. The van der Waals surface area contributed by atoms with Gasteiger partial charge in [-0.05, 0) is 50.8 Å². The second-order valence-electron chi connectivity index (χ2n) is 5.38. The maximum atomic E-state index is 4.06. The molecule has 2 saturated heterocycles. The molecule has 4 heteroatoms. The average molecular weight is 232 g/mol. The van der Waals surface area contributed by atoms with Gasteiger partial charge in [-0.15, -0.1) is 5.10 Å². The third-order valence-electron chi connectivity index (χ3n) is 4.34. The van der Waals surface area contributed by atoms with Gasteiger partial charge in [0, 0.05) is 24.8 Å². The van der Waals surface area contributed by atoms with Crippen molar-refractivity contribution in [3.05, 3.63) is 18.3 Å². The van der Waals surface area contributed by atoms with Gasteiger partial charge in [-0.25, -0.2) is 0 Å². The number of fused-ring (bicyclic) bond motifs is 2. The molecule has 3 heterocycles. The highest BCUT2D eigenvalue weighted by molar-refractivity contribution is 5.31. The molecule has 4 nitrogen and oxygen atoms in total. The SMILES string of the molecule is CN1C2CCC1CC(CNc1cccnn1)C2. The summed E-state index contributed by atoms with van der Waals surface area (Å²) in [5, 5.41) is 11.3. The number of nitrogens with one attached hydrogen (secondary N) is 1. The summed E-state index contributed by atoms with van der Waals surface area (Å²) in [6.45, 7) is 1.04. The molecule has 1 aromatic heterocycles. The van der Waals surface area contributed by atoms with Gasteiger partial charge in [0.15, 0.2) is 0 Å². The molecule has 2 bridgehead atoms. The molecule has 0 saturated carbocycles. The van der Waals surface area contributed by atoms with Crippen molar-refractivity contribution < 1.29 is 0 Å². The van der Waals surface area contributed by atoms with E-state index in [1.807, 2.05) is 12.1 Å². The first kappa shape index (κ1) is 11.0. The zero-order valence-corrected chi connectivity index (χ0v) is 10.3. The summed E-state index contributed by atoms with van der Waals surface area (Å²) in [5.74, 6) is 1.70. The lowest BCUT2D eigenvalue weighted by molar-refractivity contribution is 0.139. The highest BCUT2D eigenvalue weighted by Crippen LogP contribution is 2.37. The fourth-order valence-electron chi connectivity index (χ4n) is 3.34. The Morgan fingerprint density at radius 3 is 2.76 bits per heavy atom. The van der Waals surface area contributed by atoms with Crippen molar-refractivity contribution >= 4 is 5.82 Å². The van der Waals surface area contributed by atoms with Gasteiger partial charge in [0.25, 0.3) is 0 Å². The van der Waals surface area contributed by atoms with Gasteiger partial charge >= 0.3 is 0 Å². The molecule has 0 amide bonds. The summed E-state index contributed by atoms with van der Waals surface area (Å²) < 4.78 is 0. The molecule has 17 heavy (non-hydrogen) atoms. The van der Waals surface area contributed by atoms with E-state index in [-0.39, 0.29) is 0 Å². The molecule has 0 aromatic carbocycles. The Kier molecular flexibility index (Phi) is 2.97. The first-order valence-corrected chi connectivity index (χ1v) is 6.56. The predicted molar refractivity (Wildman–Crippen MR) is 67.8 cm³/mol. The van der Waals surface area contributed by atoms with Gasteiger partial charge in [-0.2, -0.15) is 5.10 Å². The number of hydrogen-bond acceptors (Lipinski definition) is 4. The van der Waals surface area contributed by atoms with E-state index in [4.69, 9.17) is 0 Å². The number of hydrogen-bond donors (Lipinski definition) is 1. The Hall–Kier alpha value is -1.16. The summed E-state index contributed by atoms with van der Waals surface area (Å²) >= 11 is 0. The van der Waals surface area contributed by atoms with Crippen LogP contribution in [-0.2, 0) is 0 Å². The maximum Gasteiger partial charge on any atom is 0.148 e. The molecule has 1 N–H and O–H groups in total. The molecule has 2 aliphatic rings. The fraction of sp³-hybridized carbons (Fsp3) is 0.692. The smallest absolute Gasteiger partial charge is 0.148 e. The van der Waals surface area contributed by atoms with E-state index in [0.29, 0.717) is 0 Å². The molecule has 2 unspecified atom stereocenters. The van der Waals surface area contributed by atoms with Crippen LogP contribution >= 0.6 is 0 Å². The van der Waals surface area contributed by atoms with Gasteiger partial charge in [0.05, 0.1) is 0 Å². The van der Waals surface area contributed by atoms with E-state index >= 15 is 0 Å². The number of rotatable bonds is 3. The average Bonchev–Trinajstić information content (AvgIpc) is 2.61. The van der Waals surface area contributed by atoms with Crippen molar-refractivity contribution in [3.63, 3.8) is 0 Å². The van der Waals surface area contributed by atoms with Gasteiger partial charge in [0.2, 0.25) is 0 Å². The minimum absolute atomic E-state index is 0.797. The molecule has 0 spiro atoms. The van der Waals surface area contributed by atoms with E-state index in [1.165, 1.54) is 25.7 Å². The second kappa shape index (κ2) is 4.61. The predicted octanol–water partition coefficient (Wildman–Crippen LogP) is 1.76. The van der Waals surface area contributed by atoms with Crippen molar-refractivity contribution in [2.75, 3.05) is 18.9 Å². The number of nitrogens with zero attached hydrogens (tertiary/aromatic N) is 3. The van der Waals surface area contributed by atoms with Crippen LogP contribution in [0.1, 0.15) is 25.7 Å². The molecule has 3 rings (SSSR count). The lowest BCUT2D eigenvalue weighted by Crippen LogP contribution is -2.41. The van der Waals surface area contributed by atoms with Crippen LogP contribution < -0.4 is 5.32 Å². The van der Waals surface area contributed by atoms with Crippen LogP contribution in [-0.4, -0.2) is 40.8 Å². The van der Waals surface area contributed by atoms with Crippen molar-refractivity contribution in [1.29, 1.82) is 0 Å². The Labute approximate surface area is 102 Å². The Bertz CT molecular complexity index is 353. The Balaban J connectivity index is 1.54. The van der Waals surface area contributed by atoms with Gasteiger partial charge in [-0.3, -0.25) is 0 Å². The van der Waals surface area contributed by atoms with Gasteiger partial charge in [-0.1, -0.05) is 0 Å². The van der Waals surface area contributed by atoms with Crippen LogP contribution in [0.3, 0.4) is 0 Å². The molecule has 0 radical (unpaired) electrons.